The number of carboxylic acid groups (broad SMARTS) is 1. The van der Waals surface area contributed by atoms with Crippen molar-refractivity contribution in [3.63, 3.8) is 0 Å². The molecule has 4 aromatic rings. The van der Waals surface area contributed by atoms with Gasteiger partial charge in [0.2, 0.25) is 0 Å². The summed E-state index contributed by atoms with van der Waals surface area (Å²) in [7, 11) is 0. The van der Waals surface area contributed by atoms with Crippen molar-refractivity contribution < 1.29 is 14.3 Å². The second kappa shape index (κ2) is 6.76. The average Bonchev–Trinajstić information content (AvgIpc) is 3.40. The van der Waals surface area contributed by atoms with Gasteiger partial charge in [0.15, 0.2) is 5.65 Å². The Morgan fingerprint density at radius 2 is 2.00 bits per heavy atom. The van der Waals surface area contributed by atoms with E-state index in [1.807, 2.05) is 12.3 Å². The minimum atomic E-state index is -0.726. The predicted molar refractivity (Wildman–Crippen MR) is 112 cm³/mol. The fourth-order valence-electron chi connectivity index (χ4n) is 5.62. The lowest BCUT2D eigenvalue weighted by Gasteiger charge is -2.47. The van der Waals surface area contributed by atoms with E-state index in [2.05, 4.69) is 25.5 Å². The number of H-pyrrole nitrogens is 1. The van der Waals surface area contributed by atoms with E-state index in [4.69, 9.17) is 0 Å². The number of pyridine rings is 2. The topological polar surface area (TPSA) is 108 Å². The summed E-state index contributed by atoms with van der Waals surface area (Å²) in [6, 6.07) is 3.27. The molecule has 0 unspecified atom stereocenters. The summed E-state index contributed by atoms with van der Waals surface area (Å²) in [6.45, 7) is 0. The average molecular weight is 420 g/mol. The van der Waals surface area contributed by atoms with Crippen molar-refractivity contribution in [2.45, 2.75) is 31.7 Å². The number of rotatable bonds is 4. The lowest BCUT2D eigenvalue weighted by Crippen LogP contribution is -2.51. The first-order valence-electron chi connectivity index (χ1n) is 10.5. The molecule has 7 rings (SSSR count). The number of nitrogens with zero attached hydrogens (tertiary/aromatic N) is 4. The molecule has 158 valence electrons. The van der Waals surface area contributed by atoms with E-state index in [0.29, 0.717) is 22.6 Å². The standard InChI is InChI=1S/C22H21FN6O2/c23-13-5-15-17(8-25-20(15)24-7-13)16-6-14(9-29-10-26-28-21(16)29)27-19-12-3-1-11(2-4-12)18(19)22(30)31/h5-12,18-19,27H,1-4H2,(H,24,25)(H,30,31)/t11?,12?,18-,19-/m0/s1. The summed E-state index contributed by atoms with van der Waals surface area (Å²) >= 11 is 0. The van der Waals surface area contributed by atoms with Gasteiger partial charge in [0.05, 0.1) is 17.8 Å². The number of aromatic nitrogens is 5. The van der Waals surface area contributed by atoms with E-state index in [1.54, 1.807) is 16.9 Å². The highest BCUT2D eigenvalue weighted by atomic mass is 19.1. The zero-order valence-electron chi connectivity index (χ0n) is 16.6. The SMILES string of the molecule is O=C(O)[C@H]1C2CCC(CC2)[C@@H]1Nc1cc(-c2c[nH]c3ncc(F)cc23)c2nncn2c1. The van der Waals surface area contributed by atoms with Crippen molar-refractivity contribution in [3.05, 3.63) is 42.9 Å². The van der Waals surface area contributed by atoms with Gasteiger partial charge >= 0.3 is 5.97 Å². The molecule has 0 radical (unpaired) electrons. The molecular weight excluding hydrogens is 399 g/mol. The van der Waals surface area contributed by atoms with Crippen LogP contribution in [0.2, 0.25) is 0 Å². The Hall–Kier alpha value is -3.49. The third kappa shape index (κ3) is 2.87. The number of anilines is 1. The van der Waals surface area contributed by atoms with Crippen LogP contribution in [0, 0.1) is 23.6 Å². The Labute approximate surface area is 176 Å². The van der Waals surface area contributed by atoms with Crippen LogP contribution in [0.15, 0.2) is 37.1 Å². The van der Waals surface area contributed by atoms with Gasteiger partial charge in [-0.05, 0) is 49.7 Å². The highest BCUT2D eigenvalue weighted by molar-refractivity contribution is 5.98. The number of aromatic amines is 1. The number of hydrogen-bond donors (Lipinski definition) is 3. The van der Waals surface area contributed by atoms with Gasteiger partial charge in [-0.2, -0.15) is 0 Å². The summed E-state index contributed by atoms with van der Waals surface area (Å²) < 4.78 is 15.7. The largest absolute Gasteiger partial charge is 0.481 e. The molecule has 3 aliphatic carbocycles. The van der Waals surface area contributed by atoms with E-state index in [0.717, 1.165) is 42.5 Å². The summed E-state index contributed by atoms with van der Waals surface area (Å²) in [4.78, 5) is 19.2. The van der Waals surface area contributed by atoms with E-state index in [-0.39, 0.29) is 17.9 Å². The van der Waals surface area contributed by atoms with Crippen LogP contribution < -0.4 is 5.32 Å². The maximum atomic E-state index is 13.9. The van der Waals surface area contributed by atoms with Gasteiger partial charge in [-0.1, -0.05) is 0 Å². The van der Waals surface area contributed by atoms with Crippen LogP contribution in [-0.2, 0) is 4.79 Å². The smallest absolute Gasteiger partial charge is 0.308 e. The van der Waals surface area contributed by atoms with Gasteiger partial charge in [-0.25, -0.2) is 9.37 Å². The van der Waals surface area contributed by atoms with Crippen LogP contribution in [-0.4, -0.2) is 41.7 Å². The molecule has 0 spiro atoms. The first-order chi connectivity index (χ1) is 15.1. The zero-order chi connectivity index (χ0) is 21.1. The highest BCUT2D eigenvalue weighted by Crippen LogP contribution is 2.46. The van der Waals surface area contributed by atoms with Crippen LogP contribution in [0.5, 0.6) is 0 Å². The molecule has 31 heavy (non-hydrogen) atoms. The normalized spacial score (nSPS) is 25.3. The van der Waals surface area contributed by atoms with Crippen LogP contribution in [0.4, 0.5) is 10.1 Å². The first-order valence-corrected chi connectivity index (χ1v) is 10.5. The molecule has 8 nitrogen and oxygen atoms in total. The molecule has 3 fully saturated rings. The van der Waals surface area contributed by atoms with Crippen molar-refractivity contribution in [1.82, 2.24) is 24.6 Å². The second-order valence-electron chi connectivity index (χ2n) is 8.67. The molecule has 9 heteroatoms. The zero-order valence-corrected chi connectivity index (χ0v) is 16.6. The Kier molecular flexibility index (Phi) is 3.99. The van der Waals surface area contributed by atoms with E-state index in [9.17, 15) is 14.3 Å². The maximum absolute atomic E-state index is 13.9. The molecule has 2 bridgehead atoms. The number of fused-ring (bicyclic) bond motifs is 5. The minimum absolute atomic E-state index is 0.117. The second-order valence-corrected chi connectivity index (χ2v) is 8.67. The lowest BCUT2D eigenvalue weighted by atomic mass is 9.61. The first kappa shape index (κ1) is 18.3. The van der Waals surface area contributed by atoms with Crippen molar-refractivity contribution in [1.29, 1.82) is 0 Å². The summed E-state index contributed by atoms with van der Waals surface area (Å²) in [5, 5.41) is 22.3. The summed E-state index contributed by atoms with van der Waals surface area (Å²) in [5.74, 6) is -0.962. The summed E-state index contributed by atoms with van der Waals surface area (Å²) in [6.07, 6.45) is 10.5. The Morgan fingerprint density at radius 3 is 2.81 bits per heavy atom. The van der Waals surface area contributed by atoms with Crippen LogP contribution in [0.1, 0.15) is 25.7 Å². The lowest BCUT2D eigenvalue weighted by molar-refractivity contribution is -0.148. The molecule has 0 aliphatic heterocycles. The van der Waals surface area contributed by atoms with Gasteiger partial charge < -0.3 is 15.4 Å². The molecule has 3 N–H and O–H groups in total. The molecule has 0 saturated heterocycles. The molecule has 4 aromatic heterocycles. The Bertz CT molecular complexity index is 1310. The van der Waals surface area contributed by atoms with Gasteiger partial charge in [0.25, 0.3) is 0 Å². The molecule has 3 aliphatic rings. The highest BCUT2D eigenvalue weighted by Gasteiger charge is 2.47. The van der Waals surface area contributed by atoms with Crippen molar-refractivity contribution in [3.8, 4) is 11.1 Å². The fraction of sp³-hybridized carbons (Fsp3) is 0.364. The maximum Gasteiger partial charge on any atom is 0.308 e. The molecule has 0 amide bonds. The summed E-state index contributed by atoms with van der Waals surface area (Å²) in [5.41, 5.74) is 3.56. The molecule has 4 heterocycles. The third-order valence-corrected chi connectivity index (χ3v) is 7.02. The van der Waals surface area contributed by atoms with E-state index in [1.165, 1.54) is 12.3 Å². The van der Waals surface area contributed by atoms with Crippen molar-refractivity contribution in [2.75, 3.05) is 5.32 Å². The van der Waals surface area contributed by atoms with Crippen molar-refractivity contribution >= 4 is 28.3 Å². The number of hydrogen-bond acceptors (Lipinski definition) is 5. The molecule has 2 atom stereocenters. The van der Waals surface area contributed by atoms with Gasteiger partial charge in [-0.15, -0.1) is 10.2 Å². The third-order valence-electron chi connectivity index (χ3n) is 7.02. The van der Waals surface area contributed by atoms with Gasteiger partial charge in [0.1, 0.15) is 17.8 Å². The van der Waals surface area contributed by atoms with Gasteiger partial charge in [0, 0.05) is 34.9 Å². The molecular formula is C22H21FN6O2. The van der Waals surface area contributed by atoms with Crippen LogP contribution in [0.3, 0.4) is 0 Å². The molecule has 3 saturated carbocycles. The quantitative estimate of drug-likeness (QED) is 0.464. The number of halogens is 1. The van der Waals surface area contributed by atoms with E-state index >= 15 is 0 Å². The minimum Gasteiger partial charge on any atom is -0.481 e. The van der Waals surface area contributed by atoms with Crippen LogP contribution in [0.25, 0.3) is 27.8 Å². The Morgan fingerprint density at radius 1 is 1.19 bits per heavy atom. The number of nitrogens with one attached hydrogen (secondary N) is 2. The monoisotopic (exact) mass is 420 g/mol. The number of aliphatic carboxylic acids is 1. The number of carboxylic acids is 1. The van der Waals surface area contributed by atoms with Crippen LogP contribution >= 0.6 is 0 Å². The van der Waals surface area contributed by atoms with Crippen molar-refractivity contribution in [2.24, 2.45) is 17.8 Å². The fourth-order valence-corrected chi connectivity index (χ4v) is 5.62. The Balaban J connectivity index is 1.45. The number of carbonyl (C=O) groups is 1. The van der Waals surface area contributed by atoms with E-state index < -0.39 is 11.8 Å². The predicted octanol–water partition coefficient (Wildman–Crippen LogP) is 3.71. The van der Waals surface area contributed by atoms with Gasteiger partial charge in [-0.3, -0.25) is 9.20 Å². The molecule has 0 aromatic carbocycles.